The Morgan fingerprint density at radius 2 is 1.79 bits per heavy atom. The molecule has 24 heavy (non-hydrogen) atoms. The van der Waals surface area contributed by atoms with Crippen LogP contribution in [0.3, 0.4) is 0 Å². The Morgan fingerprint density at radius 3 is 2.58 bits per heavy atom. The SMILES string of the molecule is COCc1ccccc1CNC(=O)c1cc2ccccc2c(=O)[nH]1. The van der Waals surface area contributed by atoms with Gasteiger partial charge in [0.05, 0.1) is 6.61 Å². The highest BCUT2D eigenvalue weighted by Crippen LogP contribution is 2.12. The van der Waals surface area contributed by atoms with E-state index >= 15 is 0 Å². The summed E-state index contributed by atoms with van der Waals surface area (Å²) in [5.41, 5.74) is 1.99. The van der Waals surface area contributed by atoms with Crippen molar-refractivity contribution in [1.29, 1.82) is 0 Å². The van der Waals surface area contributed by atoms with Crippen molar-refractivity contribution in [3.8, 4) is 0 Å². The van der Waals surface area contributed by atoms with E-state index in [1.165, 1.54) is 0 Å². The maximum atomic E-state index is 12.4. The summed E-state index contributed by atoms with van der Waals surface area (Å²) in [6, 6.07) is 16.6. The van der Waals surface area contributed by atoms with E-state index in [4.69, 9.17) is 4.74 Å². The van der Waals surface area contributed by atoms with Crippen LogP contribution in [0.2, 0.25) is 0 Å². The third-order valence-electron chi connectivity index (χ3n) is 3.86. The van der Waals surface area contributed by atoms with Crippen molar-refractivity contribution in [1.82, 2.24) is 10.3 Å². The highest BCUT2D eigenvalue weighted by atomic mass is 16.5. The number of amides is 1. The normalized spacial score (nSPS) is 10.7. The number of carbonyl (C=O) groups is 1. The number of carbonyl (C=O) groups excluding carboxylic acids is 1. The van der Waals surface area contributed by atoms with Crippen LogP contribution in [-0.2, 0) is 17.9 Å². The molecule has 1 aromatic heterocycles. The molecule has 0 radical (unpaired) electrons. The van der Waals surface area contributed by atoms with Crippen molar-refractivity contribution in [2.45, 2.75) is 13.2 Å². The van der Waals surface area contributed by atoms with E-state index in [0.29, 0.717) is 18.5 Å². The summed E-state index contributed by atoms with van der Waals surface area (Å²) < 4.78 is 5.16. The molecule has 0 spiro atoms. The lowest BCUT2D eigenvalue weighted by atomic mass is 10.1. The minimum Gasteiger partial charge on any atom is -0.380 e. The molecule has 0 atom stereocenters. The van der Waals surface area contributed by atoms with Crippen molar-refractivity contribution in [3.05, 3.63) is 81.8 Å². The zero-order chi connectivity index (χ0) is 16.9. The van der Waals surface area contributed by atoms with Gasteiger partial charge in [-0.2, -0.15) is 0 Å². The Kier molecular flexibility index (Phi) is 4.72. The Bertz CT molecular complexity index is 931. The number of H-pyrrole nitrogens is 1. The van der Waals surface area contributed by atoms with Crippen LogP contribution in [-0.4, -0.2) is 18.0 Å². The summed E-state index contributed by atoms with van der Waals surface area (Å²) in [4.78, 5) is 27.1. The summed E-state index contributed by atoms with van der Waals surface area (Å²) >= 11 is 0. The maximum Gasteiger partial charge on any atom is 0.268 e. The number of pyridine rings is 1. The molecule has 5 heteroatoms. The fourth-order valence-corrected chi connectivity index (χ4v) is 2.63. The van der Waals surface area contributed by atoms with E-state index in [0.717, 1.165) is 16.5 Å². The molecular weight excluding hydrogens is 304 g/mol. The molecule has 2 N–H and O–H groups in total. The first-order chi connectivity index (χ1) is 11.7. The monoisotopic (exact) mass is 322 g/mol. The molecule has 1 heterocycles. The van der Waals surface area contributed by atoms with Gasteiger partial charge in [-0.1, -0.05) is 42.5 Å². The van der Waals surface area contributed by atoms with Gasteiger partial charge in [-0.05, 0) is 28.6 Å². The second-order valence-corrected chi connectivity index (χ2v) is 5.48. The van der Waals surface area contributed by atoms with Crippen LogP contribution < -0.4 is 10.9 Å². The van der Waals surface area contributed by atoms with E-state index in [2.05, 4.69) is 10.3 Å². The largest absolute Gasteiger partial charge is 0.380 e. The van der Waals surface area contributed by atoms with Gasteiger partial charge in [-0.25, -0.2) is 0 Å². The summed E-state index contributed by atoms with van der Waals surface area (Å²) in [6.45, 7) is 0.853. The van der Waals surface area contributed by atoms with Gasteiger partial charge in [0.15, 0.2) is 0 Å². The number of methoxy groups -OCH3 is 1. The zero-order valence-electron chi connectivity index (χ0n) is 13.3. The molecule has 0 unspecified atom stereocenters. The molecule has 0 saturated carbocycles. The van der Waals surface area contributed by atoms with E-state index in [1.54, 1.807) is 25.3 Å². The van der Waals surface area contributed by atoms with Crippen LogP contribution >= 0.6 is 0 Å². The molecule has 1 amide bonds. The van der Waals surface area contributed by atoms with Crippen LogP contribution in [0.15, 0.2) is 59.4 Å². The Labute approximate surface area is 139 Å². The molecule has 2 aromatic carbocycles. The summed E-state index contributed by atoms with van der Waals surface area (Å²) in [7, 11) is 1.63. The Morgan fingerprint density at radius 1 is 1.08 bits per heavy atom. The minimum absolute atomic E-state index is 0.253. The van der Waals surface area contributed by atoms with Crippen molar-refractivity contribution >= 4 is 16.7 Å². The second kappa shape index (κ2) is 7.10. The number of aromatic nitrogens is 1. The fourth-order valence-electron chi connectivity index (χ4n) is 2.63. The summed E-state index contributed by atoms with van der Waals surface area (Å²) in [5.74, 6) is -0.315. The van der Waals surface area contributed by atoms with Gasteiger partial charge in [0, 0.05) is 19.0 Å². The Balaban J connectivity index is 1.80. The van der Waals surface area contributed by atoms with Crippen molar-refractivity contribution in [3.63, 3.8) is 0 Å². The highest BCUT2D eigenvalue weighted by Gasteiger charge is 2.10. The molecule has 0 aliphatic carbocycles. The molecule has 0 bridgehead atoms. The fraction of sp³-hybridized carbons (Fsp3) is 0.158. The maximum absolute atomic E-state index is 12.4. The van der Waals surface area contributed by atoms with Gasteiger partial charge in [-0.15, -0.1) is 0 Å². The van der Waals surface area contributed by atoms with Gasteiger partial charge in [0.2, 0.25) is 0 Å². The number of hydrogen-bond donors (Lipinski definition) is 2. The van der Waals surface area contributed by atoms with Gasteiger partial charge < -0.3 is 15.0 Å². The van der Waals surface area contributed by atoms with E-state index in [-0.39, 0.29) is 17.2 Å². The number of aromatic amines is 1. The standard InChI is InChI=1S/C19H18N2O3/c1-24-12-15-8-3-2-7-14(15)11-20-19(23)17-10-13-6-4-5-9-16(13)18(22)21-17/h2-10H,11-12H2,1H3,(H,20,23)(H,21,22). The quantitative estimate of drug-likeness (QED) is 0.758. The number of rotatable bonds is 5. The van der Waals surface area contributed by atoms with Crippen molar-refractivity contribution in [2.24, 2.45) is 0 Å². The second-order valence-electron chi connectivity index (χ2n) is 5.48. The molecule has 0 aliphatic rings. The summed E-state index contributed by atoms with van der Waals surface area (Å²) in [6.07, 6.45) is 0. The number of fused-ring (bicyclic) bond motifs is 1. The minimum atomic E-state index is -0.315. The van der Waals surface area contributed by atoms with E-state index < -0.39 is 0 Å². The number of nitrogens with one attached hydrogen (secondary N) is 2. The lowest BCUT2D eigenvalue weighted by molar-refractivity contribution is 0.0945. The third kappa shape index (κ3) is 3.36. The molecule has 0 aliphatic heterocycles. The average molecular weight is 322 g/mol. The average Bonchev–Trinajstić information content (AvgIpc) is 2.61. The molecular formula is C19H18N2O3. The van der Waals surface area contributed by atoms with Gasteiger partial charge >= 0.3 is 0 Å². The first kappa shape index (κ1) is 16.0. The lowest BCUT2D eigenvalue weighted by Gasteiger charge is -2.10. The topological polar surface area (TPSA) is 71.2 Å². The highest BCUT2D eigenvalue weighted by molar-refractivity contribution is 5.96. The number of ether oxygens (including phenoxy) is 1. The predicted octanol–water partition coefficient (Wildman–Crippen LogP) is 2.60. The molecule has 5 nitrogen and oxygen atoms in total. The van der Waals surface area contributed by atoms with E-state index in [9.17, 15) is 9.59 Å². The molecule has 3 rings (SSSR count). The number of hydrogen-bond acceptors (Lipinski definition) is 3. The van der Waals surface area contributed by atoms with E-state index in [1.807, 2.05) is 36.4 Å². The molecule has 3 aromatic rings. The van der Waals surface area contributed by atoms with Crippen molar-refractivity contribution < 1.29 is 9.53 Å². The number of benzene rings is 2. The predicted molar refractivity (Wildman–Crippen MR) is 92.9 cm³/mol. The smallest absolute Gasteiger partial charge is 0.268 e. The van der Waals surface area contributed by atoms with Gasteiger partial charge in [0.25, 0.3) is 11.5 Å². The van der Waals surface area contributed by atoms with Gasteiger partial charge in [-0.3, -0.25) is 9.59 Å². The first-order valence-corrected chi connectivity index (χ1v) is 7.65. The van der Waals surface area contributed by atoms with Crippen LogP contribution in [0.1, 0.15) is 21.6 Å². The zero-order valence-corrected chi connectivity index (χ0v) is 13.3. The lowest BCUT2D eigenvalue weighted by Crippen LogP contribution is -2.26. The van der Waals surface area contributed by atoms with Crippen LogP contribution in [0, 0.1) is 0 Å². The molecule has 0 saturated heterocycles. The Hall–Kier alpha value is -2.92. The van der Waals surface area contributed by atoms with Gasteiger partial charge in [0.1, 0.15) is 5.69 Å². The third-order valence-corrected chi connectivity index (χ3v) is 3.86. The summed E-state index contributed by atoms with van der Waals surface area (Å²) in [5, 5.41) is 4.15. The first-order valence-electron chi connectivity index (χ1n) is 7.65. The van der Waals surface area contributed by atoms with Crippen LogP contribution in [0.25, 0.3) is 10.8 Å². The molecule has 0 fully saturated rings. The van der Waals surface area contributed by atoms with Crippen LogP contribution in [0.4, 0.5) is 0 Å². The molecule has 122 valence electrons. The van der Waals surface area contributed by atoms with Crippen LogP contribution in [0.5, 0.6) is 0 Å². The van der Waals surface area contributed by atoms with Crippen molar-refractivity contribution in [2.75, 3.05) is 7.11 Å².